The molecular formula is C15H31N3O. The van der Waals surface area contributed by atoms with Gasteiger partial charge in [0.1, 0.15) is 0 Å². The molecule has 112 valence electrons. The van der Waals surface area contributed by atoms with Gasteiger partial charge in [0.25, 0.3) is 0 Å². The summed E-state index contributed by atoms with van der Waals surface area (Å²) in [7, 11) is 0. The van der Waals surface area contributed by atoms with E-state index in [1.807, 2.05) is 18.7 Å². The van der Waals surface area contributed by atoms with Crippen LogP contribution in [0.2, 0.25) is 0 Å². The molecule has 0 radical (unpaired) electrons. The van der Waals surface area contributed by atoms with Crippen molar-refractivity contribution in [1.82, 2.24) is 15.1 Å². The molecule has 0 saturated carbocycles. The lowest BCUT2D eigenvalue weighted by atomic mass is 10.1. The molecule has 1 amide bonds. The highest BCUT2D eigenvalue weighted by Gasteiger charge is 2.16. The lowest BCUT2D eigenvalue weighted by Gasteiger charge is -2.21. The zero-order valence-corrected chi connectivity index (χ0v) is 13.0. The Balaban J connectivity index is 2.20. The fourth-order valence-electron chi connectivity index (χ4n) is 2.79. The molecule has 0 aliphatic carbocycles. The summed E-state index contributed by atoms with van der Waals surface area (Å²) in [5.74, 6) is 0.279. The van der Waals surface area contributed by atoms with E-state index >= 15 is 0 Å². The zero-order valence-electron chi connectivity index (χ0n) is 13.0. The second-order valence-electron chi connectivity index (χ2n) is 5.33. The minimum atomic E-state index is 0.279. The lowest BCUT2D eigenvalue weighted by molar-refractivity contribution is -0.130. The van der Waals surface area contributed by atoms with Crippen LogP contribution in [0, 0.1) is 0 Å². The van der Waals surface area contributed by atoms with Crippen LogP contribution in [0.3, 0.4) is 0 Å². The number of hydrogen-bond donors (Lipinski definition) is 1. The van der Waals surface area contributed by atoms with Crippen molar-refractivity contribution in [2.24, 2.45) is 0 Å². The maximum Gasteiger partial charge on any atom is 0.223 e. The first kappa shape index (κ1) is 16.4. The van der Waals surface area contributed by atoms with E-state index in [-0.39, 0.29) is 5.91 Å². The van der Waals surface area contributed by atoms with Crippen LogP contribution in [0.15, 0.2) is 0 Å². The third-order valence-electron chi connectivity index (χ3n) is 4.16. The number of amides is 1. The van der Waals surface area contributed by atoms with Crippen molar-refractivity contribution < 1.29 is 4.79 Å². The molecule has 0 aromatic heterocycles. The first-order valence-electron chi connectivity index (χ1n) is 7.94. The molecule has 1 heterocycles. The van der Waals surface area contributed by atoms with Crippen molar-refractivity contribution in [3.05, 3.63) is 0 Å². The lowest BCUT2D eigenvalue weighted by Crippen LogP contribution is -2.36. The van der Waals surface area contributed by atoms with Crippen LogP contribution in [0.1, 0.15) is 46.5 Å². The van der Waals surface area contributed by atoms with E-state index in [1.165, 1.54) is 32.4 Å². The number of carbonyl (C=O) groups excluding carboxylic acids is 1. The van der Waals surface area contributed by atoms with Gasteiger partial charge in [0.05, 0.1) is 0 Å². The highest BCUT2D eigenvalue weighted by atomic mass is 16.2. The average molecular weight is 269 g/mol. The van der Waals surface area contributed by atoms with E-state index in [0.29, 0.717) is 12.5 Å². The van der Waals surface area contributed by atoms with Gasteiger partial charge >= 0.3 is 0 Å². The van der Waals surface area contributed by atoms with E-state index in [1.54, 1.807) is 0 Å². The van der Waals surface area contributed by atoms with Crippen molar-refractivity contribution in [2.75, 3.05) is 39.3 Å². The number of hydrogen-bond acceptors (Lipinski definition) is 3. The minimum absolute atomic E-state index is 0.279. The molecule has 1 saturated heterocycles. The van der Waals surface area contributed by atoms with Crippen LogP contribution >= 0.6 is 0 Å². The van der Waals surface area contributed by atoms with E-state index < -0.39 is 0 Å². The predicted octanol–water partition coefficient (Wildman–Crippen LogP) is 1.71. The summed E-state index contributed by atoms with van der Waals surface area (Å²) in [5.41, 5.74) is 0. The van der Waals surface area contributed by atoms with E-state index in [2.05, 4.69) is 17.1 Å². The largest absolute Gasteiger partial charge is 0.343 e. The second kappa shape index (κ2) is 9.32. The molecule has 0 aromatic carbocycles. The Kier molecular flexibility index (Phi) is 8.07. The Labute approximate surface area is 118 Å². The molecule has 1 unspecified atom stereocenters. The molecule has 4 nitrogen and oxygen atoms in total. The predicted molar refractivity (Wildman–Crippen MR) is 80.3 cm³/mol. The van der Waals surface area contributed by atoms with E-state index in [4.69, 9.17) is 0 Å². The normalized spacial score (nSPS) is 21.1. The standard InChI is InChI=1S/C15H31N3O/c1-4-17-12-7-8-14(10-13-17)16-11-9-15(19)18(5-2)6-3/h14,16H,4-13H2,1-3H3. The van der Waals surface area contributed by atoms with Crippen molar-refractivity contribution in [3.63, 3.8) is 0 Å². The van der Waals surface area contributed by atoms with Crippen molar-refractivity contribution in [2.45, 2.75) is 52.5 Å². The molecule has 19 heavy (non-hydrogen) atoms. The first-order valence-corrected chi connectivity index (χ1v) is 7.94. The van der Waals surface area contributed by atoms with Gasteiger partial charge in [0.2, 0.25) is 5.91 Å². The van der Waals surface area contributed by atoms with Crippen LogP contribution in [0.25, 0.3) is 0 Å². The van der Waals surface area contributed by atoms with Gasteiger partial charge in [-0.3, -0.25) is 4.79 Å². The zero-order chi connectivity index (χ0) is 14.1. The highest BCUT2D eigenvalue weighted by molar-refractivity contribution is 5.76. The monoisotopic (exact) mass is 269 g/mol. The summed E-state index contributed by atoms with van der Waals surface area (Å²) < 4.78 is 0. The molecule has 1 rings (SSSR count). The molecule has 0 bridgehead atoms. The van der Waals surface area contributed by atoms with Gasteiger partial charge in [0, 0.05) is 32.1 Å². The average Bonchev–Trinajstić information content (AvgIpc) is 2.65. The van der Waals surface area contributed by atoms with Crippen molar-refractivity contribution >= 4 is 5.91 Å². The maximum atomic E-state index is 11.9. The topological polar surface area (TPSA) is 35.6 Å². The third-order valence-corrected chi connectivity index (χ3v) is 4.16. The van der Waals surface area contributed by atoms with E-state index in [0.717, 1.165) is 26.2 Å². The Morgan fingerprint density at radius 1 is 1.21 bits per heavy atom. The Hall–Kier alpha value is -0.610. The number of carbonyl (C=O) groups is 1. The SMILES string of the molecule is CCN1CCCC(NCCC(=O)N(CC)CC)CC1. The summed E-state index contributed by atoms with van der Waals surface area (Å²) in [6, 6.07) is 0.598. The number of nitrogens with one attached hydrogen (secondary N) is 1. The third kappa shape index (κ3) is 5.91. The number of nitrogens with zero attached hydrogens (tertiary/aromatic N) is 2. The van der Waals surface area contributed by atoms with Gasteiger partial charge in [-0.05, 0) is 52.7 Å². The van der Waals surface area contributed by atoms with Gasteiger partial charge in [-0.1, -0.05) is 6.92 Å². The van der Waals surface area contributed by atoms with Gasteiger partial charge in [-0.25, -0.2) is 0 Å². The summed E-state index contributed by atoms with van der Waals surface area (Å²) in [4.78, 5) is 16.3. The fourth-order valence-corrected chi connectivity index (χ4v) is 2.79. The fraction of sp³-hybridized carbons (Fsp3) is 0.933. The number of rotatable bonds is 7. The Morgan fingerprint density at radius 3 is 2.58 bits per heavy atom. The number of likely N-dealkylation sites (tertiary alicyclic amines) is 1. The maximum absolute atomic E-state index is 11.9. The molecule has 1 aliphatic heterocycles. The Bertz CT molecular complexity index is 254. The van der Waals surface area contributed by atoms with Crippen LogP contribution < -0.4 is 5.32 Å². The van der Waals surface area contributed by atoms with E-state index in [9.17, 15) is 4.79 Å². The van der Waals surface area contributed by atoms with Crippen molar-refractivity contribution in [3.8, 4) is 0 Å². The molecule has 1 aliphatic rings. The van der Waals surface area contributed by atoms with Crippen LogP contribution in [0.5, 0.6) is 0 Å². The first-order chi connectivity index (χ1) is 9.21. The summed E-state index contributed by atoms with van der Waals surface area (Å²) in [5, 5.41) is 3.57. The smallest absolute Gasteiger partial charge is 0.223 e. The molecular weight excluding hydrogens is 238 g/mol. The summed E-state index contributed by atoms with van der Waals surface area (Å²) in [6.45, 7) is 12.4. The molecule has 0 aromatic rings. The van der Waals surface area contributed by atoms with Crippen LogP contribution in [-0.2, 0) is 4.79 Å². The van der Waals surface area contributed by atoms with Gasteiger partial charge in [0.15, 0.2) is 0 Å². The van der Waals surface area contributed by atoms with Crippen LogP contribution in [-0.4, -0.2) is 61.0 Å². The van der Waals surface area contributed by atoms with Crippen molar-refractivity contribution in [1.29, 1.82) is 0 Å². The summed E-state index contributed by atoms with van der Waals surface area (Å²) in [6.07, 6.45) is 4.37. The van der Waals surface area contributed by atoms with Crippen LogP contribution in [0.4, 0.5) is 0 Å². The second-order valence-corrected chi connectivity index (χ2v) is 5.33. The molecule has 1 N–H and O–H groups in total. The molecule has 4 heteroatoms. The highest BCUT2D eigenvalue weighted by Crippen LogP contribution is 2.10. The quantitative estimate of drug-likeness (QED) is 0.764. The molecule has 0 spiro atoms. The van der Waals surface area contributed by atoms with Gasteiger partial charge in [-0.15, -0.1) is 0 Å². The molecule has 1 atom stereocenters. The van der Waals surface area contributed by atoms with Gasteiger partial charge in [-0.2, -0.15) is 0 Å². The molecule has 1 fully saturated rings. The Morgan fingerprint density at radius 2 is 1.95 bits per heavy atom. The summed E-state index contributed by atoms with van der Waals surface area (Å²) >= 11 is 0. The minimum Gasteiger partial charge on any atom is -0.343 e. The van der Waals surface area contributed by atoms with Gasteiger partial charge < -0.3 is 15.1 Å².